The summed E-state index contributed by atoms with van der Waals surface area (Å²) in [4.78, 5) is 0. The van der Waals surface area contributed by atoms with Gasteiger partial charge in [0.05, 0.1) is 5.52 Å². The Morgan fingerprint density at radius 3 is 2.10 bits per heavy atom. The predicted molar refractivity (Wildman–Crippen MR) is 117 cm³/mol. The van der Waals surface area contributed by atoms with Gasteiger partial charge in [0.25, 0.3) is 0 Å². The summed E-state index contributed by atoms with van der Waals surface area (Å²) in [5.74, 6) is 0. The first-order valence-electron chi connectivity index (χ1n) is 9.47. The van der Waals surface area contributed by atoms with Gasteiger partial charge in [-0.15, -0.1) is 41.1 Å². The fourth-order valence-corrected chi connectivity index (χ4v) is 3.72. The molecule has 0 aliphatic rings. The molecule has 1 nitrogen and oxygen atoms in total. The molecule has 0 aliphatic carbocycles. The minimum atomic E-state index is 0. The maximum atomic E-state index is 2.37. The van der Waals surface area contributed by atoms with Gasteiger partial charge < -0.3 is 29.4 Å². The summed E-state index contributed by atoms with van der Waals surface area (Å²) >= 11 is 0. The summed E-state index contributed by atoms with van der Waals surface area (Å²) < 4.78 is 2.37. The third kappa shape index (κ3) is 4.99. The Balaban J connectivity index is 0.000000391. The summed E-state index contributed by atoms with van der Waals surface area (Å²) in [7, 11) is 0. The van der Waals surface area contributed by atoms with Gasteiger partial charge in [0.1, 0.15) is 0 Å². The van der Waals surface area contributed by atoms with Crippen LogP contribution in [-0.4, -0.2) is 4.57 Å². The molecule has 5 rings (SSSR count). The Hall–Kier alpha value is -1.61. The second kappa shape index (κ2) is 11.1. The first-order chi connectivity index (χ1) is 13.1. The fraction of sp³-hybridized carbons (Fsp3) is 0.154. The average Bonchev–Trinajstić information content (AvgIpc) is 3.34. The van der Waals surface area contributed by atoms with Gasteiger partial charge in [-0.25, -0.2) is 12.1 Å². The molecule has 0 saturated heterocycles. The molecule has 4 heteroatoms. The van der Waals surface area contributed by atoms with E-state index in [1.807, 2.05) is 0 Å². The average molecular weight is 601 g/mol. The van der Waals surface area contributed by atoms with Crippen LogP contribution in [0.1, 0.15) is 22.4 Å². The van der Waals surface area contributed by atoms with Crippen LogP contribution in [0.2, 0.25) is 0 Å². The van der Waals surface area contributed by atoms with E-state index in [9.17, 15) is 0 Å². The summed E-state index contributed by atoms with van der Waals surface area (Å²) in [6.45, 7) is 8.65. The zero-order valence-electron chi connectivity index (χ0n) is 17.7. The smallest absolute Gasteiger partial charge is 1.00 e. The number of halogens is 2. The van der Waals surface area contributed by atoms with Gasteiger partial charge in [-0.2, -0.15) is 17.2 Å². The molecule has 5 aromatic rings. The van der Waals surface area contributed by atoms with Crippen molar-refractivity contribution >= 4 is 21.7 Å². The van der Waals surface area contributed by atoms with Crippen molar-refractivity contribution in [1.29, 1.82) is 0 Å². The summed E-state index contributed by atoms with van der Waals surface area (Å²) in [6.07, 6.45) is 0. The molecule has 1 aromatic heterocycles. The molecular formula is C26H25Cl2HfN. The topological polar surface area (TPSA) is 4.93 Å². The molecule has 0 bridgehead atoms. The van der Waals surface area contributed by atoms with Crippen LogP contribution < -0.4 is 24.8 Å². The quantitative estimate of drug-likeness (QED) is 0.201. The van der Waals surface area contributed by atoms with Crippen molar-refractivity contribution < 1.29 is 50.7 Å². The van der Waals surface area contributed by atoms with E-state index in [2.05, 4.69) is 111 Å². The van der Waals surface area contributed by atoms with Crippen molar-refractivity contribution in [2.24, 2.45) is 0 Å². The molecule has 0 unspecified atom stereocenters. The predicted octanol–water partition coefficient (Wildman–Crippen LogP) is 1.15. The van der Waals surface area contributed by atoms with Gasteiger partial charge >= 0.3 is 25.8 Å². The fourth-order valence-electron chi connectivity index (χ4n) is 3.72. The molecule has 0 radical (unpaired) electrons. The number of hydrogen-bond donors (Lipinski definition) is 0. The molecule has 0 spiro atoms. The van der Waals surface area contributed by atoms with Crippen molar-refractivity contribution in [3.05, 3.63) is 101 Å². The number of aromatic nitrogens is 1. The van der Waals surface area contributed by atoms with E-state index in [1.165, 1.54) is 49.7 Å². The van der Waals surface area contributed by atoms with Crippen LogP contribution in [0.4, 0.5) is 0 Å². The van der Waals surface area contributed by atoms with E-state index in [0.29, 0.717) is 0 Å². The minimum Gasteiger partial charge on any atom is -1.00 e. The second-order valence-corrected chi connectivity index (χ2v) is 7.30. The van der Waals surface area contributed by atoms with Gasteiger partial charge in [0.2, 0.25) is 0 Å². The third-order valence-corrected chi connectivity index (χ3v) is 5.60. The summed E-state index contributed by atoms with van der Waals surface area (Å²) in [6, 6.07) is 28.0. The van der Waals surface area contributed by atoms with Crippen LogP contribution in [-0.2, 0) is 25.8 Å². The van der Waals surface area contributed by atoms with Gasteiger partial charge in [-0.1, -0.05) is 38.1 Å². The zero-order chi connectivity index (χ0) is 19.0. The molecule has 0 amide bonds. The van der Waals surface area contributed by atoms with Gasteiger partial charge in [0.15, 0.2) is 0 Å². The summed E-state index contributed by atoms with van der Waals surface area (Å²) in [5.41, 5.74) is 8.01. The first-order valence-corrected chi connectivity index (χ1v) is 9.47. The molecule has 0 fully saturated rings. The van der Waals surface area contributed by atoms with Gasteiger partial charge in [0, 0.05) is 11.1 Å². The monoisotopic (exact) mass is 601 g/mol. The standard InChI is InChI=1S/C19H16N.C7H9.2ClH.Hf/c1-13-14(2)20(19-10-6-5-9-18(13)19)17-11-15-7-3-4-8-16(15)12-17;1-6-4-3-5-7(6)2;;;/h3-12H,1-2H3;3-5H,1-2H3;2*1H;/q2*-1;;;+4/p-2. The van der Waals surface area contributed by atoms with E-state index < -0.39 is 0 Å². The third-order valence-electron chi connectivity index (χ3n) is 5.60. The van der Waals surface area contributed by atoms with E-state index in [4.69, 9.17) is 0 Å². The largest absolute Gasteiger partial charge is 4.00 e. The SMILES string of the molecule is Cc1c(C)n(-c2cc3ccccc3[cH-]2)c2ccccc12.Cc1ccc[c-]1C.[Cl-].[Cl-].[Hf+4]. The van der Waals surface area contributed by atoms with Crippen LogP contribution in [0.25, 0.3) is 27.4 Å². The molecule has 1 heterocycles. The molecular weight excluding hydrogens is 576 g/mol. The maximum absolute atomic E-state index is 2.37. The Morgan fingerprint density at radius 2 is 1.50 bits per heavy atom. The number of benzene rings is 2. The molecule has 0 atom stereocenters. The number of hydrogen-bond acceptors (Lipinski definition) is 0. The second-order valence-electron chi connectivity index (χ2n) is 7.30. The van der Waals surface area contributed by atoms with E-state index in [0.717, 1.165) is 0 Å². The maximum Gasteiger partial charge on any atom is 4.00 e. The van der Waals surface area contributed by atoms with Crippen molar-refractivity contribution in [2.75, 3.05) is 0 Å². The van der Waals surface area contributed by atoms with Crippen LogP contribution in [0.15, 0.2) is 78.9 Å². The van der Waals surface area contributed by atoms with Crippen molar-refractivity contribution in [3.8, 4) is 5.69 Å². The number of aryl methyl sites for hydroxylation is 3. The molecule has 4 aromatic carbocycles. The van der Waals surface area contributed by atoms with E-state index in [1.54, 1.807) is 0 Å². The number of fused-ring (bicyclic) bond motifs is 2. The summed E-state index contributed by atoms with van der Waals surface area (Å²) in [5, 5.41) is 3.95. The van der Waals surface area contributed by atoms with Gasteiger partial charge in [-0.05, 0) is 31.2 Å². The minimum absolute atomic E-state index is 0. The van der Waals surface area contributed by atoms with Crippen molar-refractivity contribution in [3.63, 3.8) is 0 Å². The van der Waals surface area contributed by atoms with Crippen LogP contribution in [0.3, 0.4) is 0 Å². The van der Waals surface area contributed by atoms with E-state index in [-0.39, 0.29) is 50.7 Å². The van der Waals surface area contributed by atoms with Crippen LogP contribution >= 0.6 is 0 Å². The molecule has 0 N–H and O–H groups in total. The van der Waals surface area contributed by atoms with Gasteiger partial charge in [-0.3, -0.25) is 0 Å². The zero-order valence-corrected chi connectivity index (χ0v) is 22.8. The molecule has 30 heavy (non-hydrogen) atoms. The molecule has 152 valence electrons. The Labute approximate surface area is 210 Å². The number of para-hydroxylation sites is 1. The Bertz CT molecular complexity index is 1180. The number of rotatable bonds is 1. The Morgan fingerprint density at radius 1 is 0.833 bits per heavy atom. The Kier molecular flexibility index (Phi) is 9.81. The molecule has 0 saturated carbocycles. The van der Waals surface area contributed by atoms with E-state index >= 15 is 0 Å². The molecule has 0 aliphatic heterocycles. The first kappa shape index (κ1) is 26.4. The van der Waals surface area contributed by atoms with Crippen LogP contribution in [0.5, 0.6) is 0 Å². The number of nitrogens with zero attached hydrogens (tertiary/aromatic N) is 1. The van der Waals surface area contributed by atoms with Crippen molar-refractivity contribution in [2.45, 2.75) is 27.7 Å². The van der Waals surface area contributed by atoms with Crippen LogP contribution in [0, 0.1) is 27.7 Å². The normalized spacial score (nSPS) is 9.87. The van der Waals surface area contributed by atoms with Crippen molar-refractivity contribution in [1.82, 2.24) is 4.57 Å².